The standard InChI is InChI=1S/C22H20N2.C2H6/c1-17-21(18-11-5-2-6-12-18)22(19-13-7-3-8-14-19)23-24(17)20-15-9-4-10-16-20;1-2/h2-16,22-23H,1H3;1-2H3. The normalized spacial score (nSPS) is 16.3. The van der Waals surface area contributed by atoms with Crippen LogP contribution in [0.2, 0.25) is 0 Å². The van der Waals surface area contributed by atoms with Crippen molar-refractivity contribution < 1.29 is 0 Å². The number of benzene rings is 3. The third-order valence-corrected chi connectivity index (χ3v) is 4.50. The van der Waals surface area contributed by atoms with E-state index in [0.717, 1.165) is 5.69 Å². The van der Waals surface area contributed by atoms with Gasteiger partial charge in [0.25, 0.3) is 0 Å². The van der Waals surface area contributed by atoms with Crippen molar-refractivity contribution in [1.82, 2.24) is 5.43 Å². The third-order valence-electron chi connectivity index (χ3n) is 4.50. The quantitative estimate of drug-likeness (QED) is 0.609. The van der Waals surface area contributed by atoms with Gasteiger partial charge in [0, 0.05) is 11.3 Å². The van der Waals surface area contributed by atoms with Crippen LogP contribution in [0.5, 0.6) is 0 Å². The highest BCUT2D eigenvalue weighted by atomic mass is 15.5. The smallest absolute Gasteiger partial charge is 0.0789 e. The number of allylic oxidation sites excluding steroid dienone is 1. The van der Waals surface area contributed by atoms with Gasteiger partial charge in [-0.2, -0.15) is 0 Å². The van der Waals surface area contributed by atoms with E-state index in [-0.39, 0.29) is 6.04 Å². The molecule has 1 N–H and O–H groups in total. The van der Waals surface area contributed by atoms with Crippen LogP contribution in [0.3, 0.4) is 0 Å². The molecule has 132 valence electrons. The molecule has 4 rings (SSSR count). The van der Waals surface area contributed by atoms with Gasteiger partial charge >= 0.3 is 0 Å². The number of hydrazine groups is 1. The van der Waals surface area contributed by atoms with Crippen molar-refractivity contribution in [1.29, 1.82) is 0 Å². The highest BCUT2D eigenvalue weighted by Gasteiger charge is 2.31. The van der Waals surface area contributed by atoms with Gasteiger partial charge in [0.15, 0.2) is 0 Å². The van der Waals surface area contributed by atoms with Gasteiger partial charge in [-0.05, 0) is 30.2 Å². The number of nitrogens with zero attached hydrogens (tertiary/aromatic N) is 1. The molecule has 0 saturated heterocycles. The molecule has 2 heteroatoms. The predicted molar refractivity (Wildman–Crippen MR) is 112 cm³/mol. The molecule has 2 nitrogen and oxygen atoms in total. The Morgan fingerprint density at radius 2 is 1.19 bits per heavy atom. The molecular formula is C24H26N2. The maximum absolute atomic E-state index is 3.68. The fourth-order valence-electron chi connectivity index (χ4n) is 3.35. The highest BCUT2D eigenvalue weighted by Crippen LogP contribution is 2.40. The van der Waals surface area contributed by atoms with Crippen LogP contribution < -0.4 is 10.4 Å². The summed E-state index contributed by atoms with van der Waals surface area (Å²) in [4.78, 5) is 0. The van der Waals surface area contributed by atoms with Crippen molar-refractivity contribution in [3.63, 3.8) is 0 Å². The first kappa shape index (κ1) is 18.0. The molecule has 0 fully saturated rings. The summed E-state index contributed by atoms with van der Waals surface area (Å²) in [5.74, 6) is 0. The highest BCUT2D eigenvalue weighted by molar-refractivity contribution is 5.80. The van der Waals surface area contributed by atoms with Gasteiger partial charge in [0.05, 0.1) is 11.7 Å². The zero-order valence-electron chi connectivity index (χ0n) is 15.7. The fourth-order valence-corrected chi connectivity index (χ4v) is 3.35. The molecule has 1 aliphatic rings. The number of nitrogens with one attached hydrogen (secondary N) is 1. The van der Waals surface area contributed by atoms with E-state index >= 15 is 0 Å². The molecule has 0 aliphatic carbocycles. The molecule has 1 aliphatic heterocycles. The summed E-state index contributed by atoms with van der Waals surface area (Å²) in [6.45, 7) is 6.19. The van der Waals surface area contributed by atoms with Gasteiger partial charge in [0.1, 0.15) is 0 Å². The number of hydrogen-bond acceptors (Lipinski definition) is 2. The first-order valence-electron chi connectivity index (χ1n) is 9.27. The van der Waals surface area contributed by atoms with Gasteiger partial charge < -0.3 is 0 Å². The molecule has 0 aromatic heterocycles. The number of para-hydroxylation sites is 1. The van der Waals surface area contributed by atoms with Crippen LogP contribution in [0.15, 0.2) is 96.7 Å². The van der Waals surface area contributed by atoms with Gasteiger partial charge in [-0.15, -0.1) is 0 Å². The monoisotopic (exact) mass is 342 g/mol. The number of hydrogen-bond donors (Lipinski definition) is 1. The lowest BCUT2D eigenvalue weighted by atomic mass is 9.93. The van der Waals surface area contributed by atoms with E-state index in [0.29, 0.717) is 0 Å². The predicted octanol–water partition coefficient (Wildman–Crippen LogP) is 6.21. The summed E-state index contributed by atoms with van der Waals surface area (Å²) in [5, 5.41) is 2.19. The summed E-state index contributed by atoms with van der Waals surface area (Å²) in [5.41, 5.74) is 9.93. The van der Waals surface area contributed by atoms with Crippen molar-refractivity contribution in [3.8, 4) is 0 Å². The Morgan fingerprint density at radius 1 is 0.692 bits per heavy atom. The van der Waals surface area contributed by atoms with E-state index in [1.165, 1.54) is 22.4 Å². The second kappa shape index (κ2) is 8.50. The van der Waals surface area contributed by atoms with Gasteiger partial charge in [-0.1, -0.05) is 92.7 Å². The van der Waals surface area contributed by atoms with E-state index in [9.17, 15) is 0 Å². The largest absolute Gasteiger partial charge is 0.280 e. The fraction of sp³-hybridized carbons (Fsp3) is 0.167. The Hall–Kier alpha value is -2.84. The minimum absolute atomic E-state index is 0.147. The van der Waals surface area contributed by atoms with Crippen LogP contribution in [0.1, 0.15) is 37.9 Å². The molecule has 1 unspecified atom stereocenters. The first-order chi connectivity index (χ1) is 12.8. The van der Waals surface area contributed by atoms with Crippen LogP contribution >= 0.6 is 0 Å². The molecule has 1 atom stereocenters. The van der Waals surface area contributed by atoms with Crippen LogP contribution in [-0.4, -0.2) is 0 Å². The summed E-state index contributed by atoms with van der Waals surface area (Å²) in [6, 6.07) is 31.9. The van der Waals surface area contributed by atoms with E-state index < -0.39 is 0 Å². The molecule has 0 radical (unpaired) electrons. The lowest BCUT2D eigenvalue weighted by molar-refractivity contribution is 0.670. The van der Waals surface area contributed by atoms with Crippen molar-refractivity contribution in [2.24, 2.45) is 0 Å². The van der Waals surface area contributed by atoms with Crippen LogP contribution in [0.25, 0.3) is 5.57 Å². The lowest BCUT2D eigenvalue weighted by Gasteiger charge is -2.22. The van der Waals surface area contributed by atoms with Crippen molar-refractivity contribution in [2.45, 2.75) is 26.8 Å². The van der Waals surface area contributed by atoms with Crippen molar-refractivity contribution in [3.05, 3.63) is 108 Å². The van der Waals surface area contributed by atoms with Crippen molar-refractivity contribution >= 4 is 11.3 Å². The molecule has 0 spiro atoms. The zero-order chi connectivity index (χ0) is 18.4. The SMILES string of the molecule is CC.CC1=C(c2ccccc2)C(c2ccccc2)NN1c1ccccc1. The average Bonchev–Trinajstić information content (AvgIpc) is 3.08. The molecular weight excluding hydrogens is 316 g/mol. The Labute approximate surface area is 156 Å². The van der Waals surface area contributed by atoms with Crippen LogP contribution in [-0.2, 0) is 0 Å². The summed E-state index contributed by atoms with van der Waals surface area (Å²) in [7, 11) is 0. The maximum Gasteiger partial charge on any atom is 0.0789 e. The Kier molecular flexibility index (Phi) is 5.88. The lowest BCUT2D eigenvalue weighted by Crippen LogP contribution is -2.32. The Balaban J connectivity index is 0.000000948. The minimum Gasteiger partial charge on any atom is -0.280 e. The molecule has 3 aromatic carbocycles. The molecule has 0 amide bonds. The van der Waals surface area contributed by atoms with Crippen LogP contribution in [0.4, 0.5) is 5.69 Å². The summed E-state index contributed by atoms with van der Waals surface area (Å²) in [6.07, 6.45) is 0. The number of rotatable bonds is 3. The van der Waals surface area contributed by atoms with Gasteiger partial charge in [-0.3, -0.25) is 5.01 Å². The summed E-state index contributed by atoms with van der Waals surface area (Å²) >= 11 is 0. The summed E-state index contributed by atoms with van der Waals surface area (Å²) < 4.78 is 0. The topological polar surface area (TPSA) is 15.3 Å². The Bertz CT molecular complexity index is 839. The van der Waals surface area contributed by atoms with Crippen molar-refractivity contribution in [2.75, 3.05) is 5.01 Å². The van der Waals surface area contributed by atoms with Crippen LogP contribution in [0, 0.1) is 0 Å². The van der Waals surface area contributed by atoms with Gasteiger partial charge in [-0.25, -0.2) is 5.43 Å². The zero-order valence-corrected chi connectivity index (χ0v) is 15.7. The third kappa shape index (κ3) is 3.56. The van der Waals surface area contributed by atoms with E-state index in [1.807, 2.05) is 19.9 Å². The second-order valence-corrected chi connectivity index (χ2v) is 6.01. The Morgan fingerprint density at radius 3 is 1.77 bits per heavy atom. The average molecular weight is 342 g/mol. The molecule has 26 heavy (non-hydrogen) atoms. The first-order valence-corrected chi connectivity index (χ1v) is 9.27. The molecule has 0 saturated carbocycles. The van der Waals surface area contributed by atoms with E-state index in [1.54, 1.807) is 0 Å². The maximum atomic E-state index is 3.68. The number of anilines is 1. The second-order valence-electron chi connectivity index (χ2n) is 6.01. The van der Waals surface area contributed by atoms with E-state index in [2.05, 4.69) is 102 Å². The molecule has 0 bridgehead atoms. The molecule has 3 aromatic rings. The van der Waals surface area contributed by atoms with E-state index in [4.69, 9.17) is 0 Å². The minimum atomic E-state index is 0.147. The molecule has 1 heterocycles. The van der Waals surface area contributed by atoms with Gasteiger partial charge in [0.2, 0.25) is 0 Å².